The average molecular weight is 1140 g/mol. The van der Waals surface area contributed by atoms with Gasteiger partial charge in [0.1, 0.15) is 60.4 Å². The Morgan fingerprint density at radius 1 is 0.415 bits per heavy atom. The van der Waals surface area contributed by atoms with Crippen molar-refractivity contribution in [3.05, 3.63) is 71.8 Å². The number of rotatable bonds is 16. The van der Waals surface area contributed by atoms with Crippen molar-refractivity contribution in [2.45, 2.75) is 193 Å². The first-order chi connectivity index (χ1) is 39.0. The molecule has 3 heterocycles. The van der Waals surface area contributed by atoms with Crippen molar-refractivity contribution in [2.24, 2.45) is 35.1 Å². The molecule has 0 aromatic heterocycles. The predicted octanol–water partition coefficient (Wildman–Crippen LogP) is 1.23. The van der Waals surface area contributed by atoms with Crippen molar-refractivity contribution in [3.63, 3.8) is 0 Å². The van der Waals surface area contributed by atoms with Gasteiger partial charge in [0.05, 0.1) is 0 Å². The van der Waals surface area contributed by atoms with E-state index in [1.165, 1.54) is 9.80 Å². The van der Waals surface area contributed by atoms with E-state index >= 15 is 0 Å². The molecule has 0 unspecified atom stereocenters. The Labute approximate surface area is 483 Å². The Morgan fingerprint density at radius 3 is 1.05 bits per heavy atom. The third-order valence-electron chi connectivity index (χ3n) is 15.3. The van der Waals surface area contributed by atoms with Gasteiger partial charge in [-0.25, -0.2) is 0 Å². The minimum absolute atomic E-state index is 0.0279. The molecule has 10 amide bonds. The summed E-state index contributed by atoms with van der Waals surface area (Å²) in [5, 5.41) is 22.8. The smallest absolute Gasteiger partial charge is 0.246 e. The van der Waals surface area contributed by atoms with Gasteiger partial charge in [0.2, 0.25) is 59.1 Å². The third kappa shape index (κ3) is 19.1. The topological polar surface area (TPSA) is 325 Å². The van der Waals surface area contributed by atoms with Gasteiger partial charge in [-0.05, 0) is 112 Å². The van der Waals surface area contributed by atoms with Crippen molar-refractivity contribution in [2.75, 3.05) is 26.2 Å². The van der Waals surface area contributed by atoms with Crippen LogP contribution in [0, 0.1) is 23.7 Å². The number of nitrogens with zero attached hydrogens (tertiary/aromatic N) is 2. The van der Waals surface area contributed by atoms with E-state index in [-0.39, 0.29) is 89.4 Å². The van der Waals surface area contributed by atoms with E-state index in [9.17, 15) is 47.9 Å². The quantitative estimate of drug-likeness (QED) is 0.114. The van der Waals surface area contributed by atoms with Crippen molar-refractivity contribution >= 4 is 59.1 Å². The van der Waals surface area contributed by atoms with Crippen molar-refractivity contribution < 1.29 is 47.9 Å². The Morgan fingerprint density at radius 2 is 0.732 bits per heavy atom. The maximum atomic E-state index is 14.9. The Balaban J connectivity index is 1.58. The molecule has 5 rings (SSSR count). The van der Waals surface area contributed by atoms with Crippen LogP contribution in [0.2, 0.25) is 0 Å². The Hall–Kier alpha value is -6.94. The fourth-order valence-electron chi connectivity index (χ4n) is 10.9. The van der Waals surface area contributed by atoms with Crippen LogP contribution in [0.15, 0.2) is 60.7 Å². The lowest BCUT2D eigenvalue weighted by atomic mass is 9.99. The van der Waals surface area contributed by atoms with Gasteiger partial charge < -0.3 is 63.8 Å². The molecule has 2 aromatic rings. The molecule has 3 fully saturated rings. The number of amides is 10. The monoisotopic (exact) mass is 1140 g/mol. The highest BCUT2D eigenvalue weighted by Gasteiger charge is 2.43. The number of carbonyl (C=O) groups excluding carboxylic acids is 10. The summed E-state index contributed by atoms with van der Waals surface area (Å²) >= 11 is 0. The average Bonchev–Trinajstić information content (AvgIpc) is 4.16. The van der Waals surface area contributed by atoms with Gasteiger partial charge in [-0.3, -0.25) is 47.9 Å². The summed E-state index contributed by atoms with van der Waals surface area (Å²) in [6, 6.07) is 6.30. The van der Waals surface area contributed by atoms with E-state index in [4.69, 9.17) is 11.5 Å². The second-order valence-corrected chi connectivity index (χ2v) is 23.7. The van der Waals surface area contributed by atoms with E-state index < -0.39 is 131 Å². The number of hydrogen-bond donors (Lipinski definition) is 10. The highest BCUT2D eigenvalue weighted by atomic mass is 16.2. The lowest BCUT2D eigenvalue weighted by molar-refractivity contribution is -0.143. The largest absolute Gasteiger partial charge is 0.343 e. The Kier molecular flexibility index (Phi) is 25.7. The minimum atomic E-state index is -1.22. The number of nitrogens with one attached hydrogen (secondary N) is 8. The molecule has 2 aromatic carbocycles. The molecule has 3 aliphatic heterocycles. The molecule has 3 aliphatic rings. The standard InChI is InChI=1S/C60H92N12O10/c1-35(2)31-43-53(75)67-45(33-39-19-11-9-12-20-39)59(81)71-29-17-25-47(71)55(77)70-50(38(7)8)58(80)64-42(24-16-28-62)52(74)66-44(32-36(3)4)54(76)68-46(34-40-21-13-10-14-22-40)60(82)72-30-18-26-48(72)56(78)69-49(37(5)6)57(79)63-41(23-15-27-61)51(73)65-43/h9-14,19-22,35-38,41-50H,15-18,23-34,61-62H2,1-8H3,(H,63,79)(H,64,80)(H,65,73)(H,66,74)(H,67,75)(H,68,76)(H,69,78)(H,70,77)/t41-,42-,43-,44-,45+,46+,47-,48-,49-,50-/m0/s1. The molecule has 0 radical (unpaired) electrons. The van der Waals surface area contributed by atoms with Crippen LogP contribution in [-0.2, 0) is 60.8 Å². The van der Waals surface area contributed by atoms with Crippen molar-refractivity contribution in [3.8, 4) is 0 Å². The Bertz CT molecular complexity index is 2330. The van der Waals surface area contributed by atoms with Crippen LogP contribution in [0.5, 0.6) is 0 Å². The molecule has 0 spiro atoms. The van der Waals surface area contributed by atoms with Gasteiger partial charge in [0, 0.05) is 25.9 Å². The molecule has 452 valence electrons. The second kappa shape index (κ2) is 32.0. The molecule has 0 saturated carbocycles. The number of benzene rings is 2. The normalized spacial score (nSPS) is 26.6. The first-order valence-corrected chi connectivity index (χ1v) is 29.5. The summed E-state index contributed by atoms with van der Waals surface area (Å²) in [5.74, 6) is -7.75. The van der Waals surface area contributed by atoms with Crippen LogP contribution >= 0.6 is 0 Å². The molecular formula is C60H92N12O10. The number of nitrogens with two attached hydrogens (primary N) is 2. The third-order valence-corrected chi connectivity index (χ3v) is 15.3. The van der Waals surface area contributed by atoms with Gasteiger partial charge in [-0.1, -0.05) is 116 Å². The number of hydrogen-bond acceptors (Lipinski definition) is 12. The summed E-state index contributed by atoms with van der Waals surface area (Å²) in [6.07, 6.45) is 2.45. The van der Waals surface area contributed by atoms with E-state index in [0.717, 1.165) is 0 Å². The van der Waals surface area contributed by atoms with Crippen LogP contribution in [0.4, 0.5) is 0 Å². The molecule has 82 heavy (non-hydrogen) atoms. The fourth-order valence-corrected chi connectivity index (χ4v) is 10.9. The van der Waals surface area contributed by atoms with E-state index in [1.54, 1.807) is 76.2 Å². The zero-order valence-corrected chi connectivity index (χ0v) is 49.3. The van der Waals surface area contributed by atoms with E-state index in [1.807, 2.05) is 39.8 Å². The highest BCUT2D eigenvalue weighted by molar-refractivity contribution is 6.00. The summed E-state index contributed by atoms with van der Waals surface area (Å²) in [5.41, 5.74) is 13.3. The molecule has 0 bridgehead atoms. The van der Waals surface area contributed by atoms with E-state index in [0.29, 0.717) is 36.8 Å². The molecule has 0 aliphatic carbocycles. The van der Waals surface area contributed by atoms with Crippen LogP contribution in [0.25, 0.3) is 0 Å². The molecule has 12 N–H and O–H groups in total. The molecular weight excluding hydrogens is 1050 g/mol. The summed E-state index contributed by atoms with van der Waals surface area (Å²) in [6.45, 7) is 15.0. The zero-order valence-electron chi connectivity index (χ0n) is 49.3. The summed E-state index contributed by atoms with van der Waals surface area (Å²) < 4.78 is 0. The van der Waals surface area contributed by atoms with Gasteiger partial charge in [0.25, 0.3) is 0 Å². The van der Waals surface area contributed by atoms with Gasteiger partial charge in [-0.2, -0.15) is 0 Å². The summed E-state index contributed by atoms with van der Waals surface area (Å²) in [4.78, 5) is 149. The number of fused-ring (bicyclic) bond motifs is 2. The SMILES string of the molecule is CC(C)C[C@@H]1NC(=O)[C@H](CCCN)NC(=O)[C@H](C(C)C)NC(=O)[C@@H]2CCCN2C(=O)[C@@H](Cc2ccccc2)NC(=O)[C@H](CC(C)C)NC(=O)[C@H](CCCN)NC(=O)[C@H](C(C)C)NC(=O)[C@@H]2CCCN2C(=O)[C@@H](Cc2ccccc2)NC1=O. The first kappa shape index (κ1) is 65.9. The van der Waals surface area contributed by atoms with Gasteiger partial charge >= 0.3 is 0 Å². The molecule has 10 atom stereocenters. The number of carbonyl (C=O) groups is 10. The summed E-state index contributed by atoms with van der Waals surface area (Å²) in [7, 11) is 0. The molecule has 22 heteroatoms. The first-order valence-electron chi connectivity index (χ1n) is 29.5. The van der Waals surface area contributed by atoms with Crippen molar-refractivity contribution in [1.82, 2.24) is 52.3 Å². The van der Waals surface area contributed by atoms with Crippen LogP contribution in [0.1, 0.15) is 131 Å². The van der Waals surface area contributed by atoms with Gasteiger partial charge in [-0.15, -0.1) is 0 Å². The van der Waals surface area contributed by atoms with Crippen molar-refractivity contribution in [1.29, 1.82) is 0 Å². The lowest BCUT2D eigenvalue weighted by Gasteiger charge is -2.33. The predicted molar refractivity (Wildman–Crippen MR) is 310 cm³/mol. The lowest BCUT2D eigenvalue weighted by Crippen LogP contribution is -2.62. The molecule has 22 nitrogen and oxygen atoms in total. The van der Waals surface area contributed by atoms with Gasteiger partial charge in [0.15, 0.2) is 0 Å². The maximum absolute atomic E-state index is 14.9. The highest BCUT2D eigenvalue weighted by Crippen LogP contribution is 2.24. The van der Waals surface area contributed by atoms with Crippen LogP contribution < -0.4 is 54.0 Å². The second-order valence-electron chi connectivity index (χ2n) is 23.7. The fraction of sp³-hybridized carbons (Fsp3) is 0.633. The van der Waals surface area contributed by atoms with Crippen LogP contribution in [-0.4, -0.2) is 155 Å². The maximum Gasteiger partial charge on any atom is 0.246 e. The zero-order chi connectivity index (χ0) is 60.2. The molecule has 3 saturated heterocycles. The van der Waals surface area contributed by atoms with E-state index in [2.05, 4.69) is 42.5 Å². The minimum Gasteiger partial charge on any atom is -0.343 e. The van der Waals surface area contributed by atoms with Crippen LogP contribution in [0.3, 0.4) is 0 Å².